The molecule has 4 saturated carbocycles. The smallest absolute Gasteiger partial charge is 0.339 e. The second-order valence-electron chi connectivity index (χ2n) is 11.1. The summed E-state index contributed by atoms with van der Waals surface area (Å²) in [6.07, 6.45) is 8.05. The van der Waals surface area contributed by atoms with Gasteiger partial charge in [0.1, 0.15) is 0 Å². The Bertz CT molecular complexity index is 1400. The fraction of sp³-hybridized carbons (Fsp3) is 0.367. The SMILES string of the molecule is COC(=O)c1ccccc1Nc1cccc(S(=O)(=O)Nc2ccc(C34CC5CC(CC(C5)C3)C4)cc2)c1. The van der Waals surface area contributed by atoms with Crippen LogP contribution in [0.4, 0.5) is 17.1 Å². The van der Waals surface area contributed by atoms with E-state index in [1.807, 2.05) is 12.1 Å². The lowest BCUT2D eigenvalue weighted by atomic mass is 9.48. The van der Waals surface area contributed by atoms with Crippen LogP contribution in [0.25, 0.3) is 0 Å². The van der Waals surface area contributed by atoms with Crippen LogP contribution in [0.5, 0.6) is 0 Å². The molecular weight excluding hydrogens is 484 g/mol. The van der Waals surface area contributed by atoms with Gasteiger partial charge in [0.05, 0.1) is 23.3 Å². The van der Waals surface area contributed by atoms with Gasteiger partial charge in [-0.05, 0) is 110 Å². The molecule has 0 aromatic heterocycles. The van der Waals surface area contributed by atoms with Crippen LogP contribution >= 0.6 is 0 Å². The first kappa shape index (κ1) is 24.0. The highest BCUT2D eigenvalue weighted by Crippen LogP contribution is 2.60. The van der Waals surface area contributed by atoms with E-state index in [2.05, 4.69) is 22.2 Å². The van der Waals surface area contributed by atoms with Gasteiger partial charge in [-0.25, -0.2) is 13.2 Å². The van der Waals surface area contributed by atoms with E-state index >= 15 is 0 Å². The Morgan fingerprint density at radius 3 is 2.14 bits per heavy atom. The zero-order valence-electron chi connectivity index (χ0n) is 20.9. The van der Waals surface area contributed by atoms with E-state index in [0.717, 1.165) is 17.8 Å². The van der Waals surface area contributed by atoms with Crippen LogP contribution in [-0.4, -0.2) is 21.5 Å². The number of ether oxygens (including phenoxy) is 1. The van der Waals surface area contributed by atoms with Gasteiger partial charge in [-0.3, -0.25) is 4.72 Å². The van der Waals surface area contributed by atoms with Crippen LogP contribution in [0.3, 0.4) is 0 Å². The van der Waals surface area contributed by atoms with E-state index in [-0.39, 0.29) is 10.3 Å². The number of sulfonamides is 1. The predicted octanol–water partition coefficient (Wildman–Crippen LogP) is 6.49. The van der Waals surface area contributed by atoms with E-state index in [1.54, 1.807) is 48.5 Å². The van der Waals surface area contributed by atoms with Crippen LogP contribution in [0, 0.1) is 17.8 Å². The molecule has 7 rings (SSSR count). The van der Waals surface area contributed by atoms with Crippen molar-refractivity contribution in [3.8, 4) is 0 Å². The molecule has 2 N–H and O–H groups in total. The molecule has 3 aromatic rings. The molecule has 6 nitrogen and oxygen atoms in total. The number of benzene rings is 3. The summed E-state index contributed by atoms with van der Waals surface area (Å²) >= 11 is 0. The molecule has 0 aliphatic heterocycles. The van der Waals surface area contributed by atoms with E-state index in [9.17, 15) is 13.2 Å². The van der Waals surface area contributed by atoms with Gasteiger partial charge in [-0.2, -0.15) is 0 Å². The first-order valence-electron chi connectivity index (χ1n) is 13.0. The van der Waals surface area contributed by atoms with Gasteiger partial charge in [-0.1, -0.05) is 30.3 Å². The zero-order valence-corrected chi connectivity index (χ0v) is 21.8. The summed E-state index contributed by atoms with van der Waals surface area (Å²) in [6.45, 7) is 0. The number of methoxy groups -OCH3 is 1. The number of anilines is 3. The fourth-order valence-corrected chi connectivity index (χ4v) is 8.45. The first-order chi connectivity index (χ1) is 17.8. The van der Waals surface area contributed by atoms with E-state index < -0.39 is 16.0 Å². The van der Waals surface area contributed by atoms with Crippen LogP contribution in [-0.2, 0) is 20.2 Å². The monoisotopic (exact) mass is 516 g/mol. The van der Waals surface area contributed by atoms with Gasteiger partial charge in [0.25, 0.3) is 10.0 Å². The third-order valence-corrected chi connectivity index (χ3v) is 9.92. The summed E-state index contributed by atoms with van der Waals surface area (Å²) in [4.78, 5) is 12.2. The fourth-order valence-electron chi connectivity index (χ4n) is 7.35. The highest BCUT2D eigenvalue weighted by molar-refractivity contribution is 7.92. The zero-order chi connectivity index (χ0) is 25.6. The summed E-state index contributed by atoms with van der Waals surface area (Å²) in [5.41, 5.74) is 3.67. The van der Waals surface area contributed by atoms with Gasteiger partial charge in [0, 0.05) is 11.4 Å². The maximum atomic E-state index is 13.2. The van der Waals surface area contributed by atoms with Crippen LogP contribution in [0.15, 0.2) is 77.7 Å². The number of rotatable bonds is 7. The predicted molar refractivity (Wildman–Crippen MR) is 145 cm³/mol. The lowest BCUT2D eigenvalue weighted by Crippen LogP contribution is -2.48. The van der Waals surface area contributed by atoms with Crippen molar-refractivity contribution >= 4 is 33.1 Å². The van der Waals surface area contributed by atoms with Crippen molar-refractivity contribution in [1.29, 1.82) is 0 Å². The Kier molecular flexibility index (Phi) is 5.98. The van der Waals surface area contributed by atoms with Crippen molar-refractivity contribution in [2.45, 2.75) is 48.8 Å². The minimum absolute atomic E-state index is 0.137. The number of hydrogen-bond acceptors (Lipinski definition) is 5. The molecule has 192 valence electrons. The number of nitrogens with one attached hydrogen (secondary N) is 2. The summed E-state index contributed by atoms with van der Waals surface area (Å²) < 4.78 is 34.0. The van der Waals surface area contributed by atoms with Gasteiger partial charge < -0.3 is 10.1 Å². The van der Waals surface area contributed by atoms with Crippen molar-refractivity contribution < 1.29 is 17.9 Å². The van der Waals surface area contributed by atoms with Crippen LogP contribution in [0.1, 0.15) is 54.4 Å². The normalized spacial score (nSPS) is 26.0. The molecule has 37 heavy (non-hydrogen) atoms. The Balaban J connectivity index is 1.19. The van der Waals surface area contributed by atoms with E-state index in [4.69, 9.17) is 4.74 Å². The standard InChI is InChI=1S/C30H32N2O4S/c1-36-29(33)27-7-2-3-8-28(27)31-25-5-4-6-26(16-25)37(34,35)32-24-11-9-23(10-12-24)30-17-20-13-21(18-30)15-22(14-20)19-30/h2-12,16,20-22,31-32H,13-15,17-19H2,1H3. The average Bonchev–Trinajstić information content (AvgIpc) is 2.88. The maximum absolute atomic E-state index is 13.2. The van der Waals surface area contributed by atoms with Crippen molar-refractivity contribution in [1.82, 2.24) is 0 Å². The van der Waals surface area contributed by atoms with Crippen molar-refractivity contribution in [2.75, 3.05) is 17.1 Å². The maximum Gasteiger partial charge on any atom is 0.339 e. The largest absolute Gasteiger partial charge is 0.465 e. The van der Waals surface area contributed by atoms with Crippen molar-refractivity contribution in [3.05, 3.63) is 83.9 Å². The van der Waals surface area contributed by atoms with Crippen LogP contribution in [0.2, 0.25) is 0 Å². The summed E-state index contributed by atoms with van der Waals surface area (Å²) in [5, 5.41) is 3.14. The Morgan fingerprint density at radius 1 is 0.838 bits per heavy atom. The molecule has 4 aliphatic rings. The molecule has 0 heterocycles. The number of esters is 1. The van der Waals surface area contributed by atoms with Gasteiger partial charge in [0.15, 0.2) is 0 Å². The molecule has 0 spiro atoms. The van der Waals surface area contributed by atoms with Crippen molar-refractivity contribution in [2.24, 2.45) is 17.8 Å². The van der Waals surface area contributed by atoms with E-state index in [0.29, 0.717) is 22.6 Å². The Morgan fingerprint density at radius 2 is 1.49 bits per heavy atom. The number of para-hydroxylation sites is 1. The summed E-state index contributed by atoms with van der Waals surface area (Å²) in [5.74, 6) is 2.13. The molecule has 0 saturated heterocycles. The van der Waals surface area contributed by atoms with Gasteiger partial charge in [-0.15, -0.1) is 0 Å². The third-order valence-electron chi connectivity index (χ3n) is 8.54. The molecule has 4 bridgehead atoms. The highest BCUT2D eigenvalue weighted by atomic mass is 32.2. The Labute approximate surface area is 218 Å². The molecule has 0 atom stereocenters. The minimum atomic E-state index is -3.80. The van der Waals surface area contributed by atoms with Gasteiger partial charge >= 0.3 is 5.97 Å². The summed E-state index contributed by atoms with van der Waals surface area (Å²) in [7, 11) is -2.47. The third kappa shape index (κ3) is 4.61. The summed E-state index contributed by atoms with van der Waals surface area (Å²) in [6, 6.07) is 21.6. The Hall–Kier alpha value is -3.32. The molecule has 4 fully saturated rings. The lowest BCUT2D eigenvalue weighted by molar-refractivity contribution is -0.00518. The average molecular weight is 517 g/mol. The number of carbonyl (C=O) groups excluding carboxylic acids is 1. The first-order valence-corrected chi connectivity index (χ1v) is 14.5. The lowest BCUT2D eigenvalue weighted by Gasteiger charge is -2.57. The van der Waals surface area contributed by atoms with E-state index in [1.165, 1.54) is 51.2 Å². The van der Waals surface area contributed by atoms with Gasteiger partial charge in [0.2, 0.25) is 0 Å². The molecule has 3 aromatic carbocycles. The highest BCUT2D eigenvalue weighted by Gasteiger charge is 2.51. The molecule has 4 aliphatic carbocycles. The molecular formula is C30H32N2O4S. The molecule has 7 heteroatoms. The number of hydrogen-bond donors (Lipinski definition) is 2. The number of carbonyl (C=O) groups is 1. The molecule has 0 amide bonds. The quantitative estimate of drug-likeness (QED) is 0.351. The topological polar surface area (TPSA) is 84.5 Å². The molecule has 0 unspecified atom stereocenters. The van der Waals surface area contributed by atoms with Crippen LogP contribution < -0.4 is 10.0 Å². The second kappa shape index (κ2) is 9.21. The second-order valence-corrected chi connectivity index (χ2v) is 12.8. The molecule has 0 radical (unpaired) electrons. The minimum Gasteiger partial charge on any atom is -0.465 e. The van der Waals surface area contributed by atoms with Crippen molar-refractivity contribution in [3.63, 3.8) is 0 Å².